The lowest BCUT2D eigenvalue weighted by atomic mass is 10.0. The number of ether oxygens (including phenoxy) is 3. The van der Waals surface area contributed by atoms with Crippen molar-refractivity contribution in [3.63, 3.8) is 0 Å². The molecular formula is C12H19Br3O8. The van der Waals surface area contributed by atoms with Gasteiger partial charge in [-0.1, -0.05) is 47.8 Å². The molecule has 0 aromatic carbocycles. The third-order valence-electron chi connectivity index (χ3n) is 3.96. The van der Waals surface area contributed by atoms with Crippen molar-refractivity contribution in [1.82, 2.24) is 0 Å². The molecule has 0 unspecified atom stereocenters. The molecule has 0 radical (unpaired) electrons. The van der Waals surface area contributed by atoms with E-state index in [1.54, 1.807) is 0 Å². The molecule has 136 valence electrons. The zero-order chi connectivity index (χ0) is 17.4. The molecule has 2 aliphatic heterocycles. The summed E-state index contributed by atoms with van der Waals surface area (Å²) >= 11 is 9.49. The Bertz CT molecular complexity index is 403. The van der Waals surface area contributed by atoms with Gasteiger partial charge in [0.2, 0.25) is 5.79 Å². The Morgan fingerprint density at radius 3 is 2.13 bits per heavy atom. The van der Waals surface area contributed by atoms with Crippen LogP contribution in [0.15, 0.2) is 0 Å². The van der Waals surface area contributed by atoms with E-state index in [0.29, 0.717) is 0 Å². The van der Waals surface area contributed by atoms with Crippen LogP contribution in [0.25, 0.3) is 0 Å². The van der Waals surface area contributed by atoms with E-state index < -0.39 is 60.1 Å². The lowest BCUT2D eigenvalue weighted by Crippen LogP contribution is -2.61. The summed E-state index contributed by atoms with van der Waals surface area (Å²) in [4.78, 5) is -0.683. The molecule has 0 aliphatic carbocycles. The number of alkyl halides is 3. The van der Waals surface area contributed by atoms with Crippen molar-refractivity contribution in [2.75, 3.05) is 17.3 Å². The first-order chi connectivity index (χ1) is 10.8. The first kappa shape index (κ1) is 20.4. The highest BCUT2D eigenvalue weighted by Gasteiger charge is 2.57. The van der Waals surface area contributed by atoms with Crippen LogP contribution in [0, 0.1) is 0 Å². The van der Waals surface area contributed by atoms with Crippen LogP contribution in [-0.4, -0.2) is 96.3 Å². The fourth-order valence-electron chi connectivity index (χ4n) is 2.56. The molecule has 9 atom stereocenters. The van der Waals surface area contributed by atoms with Gasteiger partial charge in [0.1, 0.15) is 18.3 Å². The van der Waals surface area contributed by atoms with E-state index in [1.165, 1.54) is 0 Å². The summed E-state index contributed by atoms with van der Waals surface area (Å²) in [5.41, 5.74) is 0. The molecule has 5 N–H and O–H groups in total. The SMILES string of the molecule is OC[C@H]1O[C@H](O[C@]2(CBr)O[C@H](CBr)[C@@H](O)[C@@H]2O)[C@H](O)[C@@H](O)[C@@H]1Br. The maximum Gasteiger partial charge on any atom is 0.210 e. The van der Waals surface area contributed by atoms with E-state index in [1.807, 2.05) is 0 Å². The maximum absolute atomic E-state index is 10.3. The quantitative estimate of drug-likeness (QED) is 0.281. The molecule has 2 fully saturated rings. The van der Waals surface area contributed by atoms with Gasteiger partial charge < -0.3 is 39.7 Å². The van der Waals surface area contributed by atoms with Gasteiger partial charge in [0, 0.05) is 5.33 Å². The van der Waals surface area contributed by atoms with Crippen molar-refractivity contribution in [1.29, 1.82) is 0 Å². The summed E-state index contributed by atoms with van der Waals surface area (Å²) in [7, 11) is 0. The van der Waals surface area contributed by atoms with Crippen molar-refractivity contribution in [2.24, 2.45) is 0 Å². The summed E-state index contributed by atoms with van der Waals surface area (Å²) in [6.45, 7) is -0.406. The molecule has 2 rings (SSSR count). The molecule has 0 spiro atoms. The average molecular weight is 531 g/mol. The highest BCUT2D eigenvalue weighted by atomic mass is 79.9. The topological polar surface area (TPSA) is 129 Å². The third-order valence-corrected chi connectivity index (χ3v) is 6.51. The smallest absolute Gasteiger partial charge is 0.210 e. The van der Waals surface area contributed by atoms with Gasteiger partial charge in [0.05, 0.1) is 35.1 Å². The van der Waals surface area contributed by atoms with Gasteiger partial charge in [-0.05, 0) is 0 Å². The summed E-state index contributed by atoms with van der Waals surface area (Å²) in [5, 5.41) is 50.0. The standard InChI is InChI=1S/C12H19Br3O8/c13-1-4-7(17)10(20)12(3-14,22-4)23-11-9(19)8(18)6(15)5(2-16)21-11/h4-11,16-20H,1-3H2/t4-,5-,6-,7-,8+,9-,10+,11-,12+/m1/s1. The van der Waals surface area contributed by atoms with E-state index in [0.717, 1.165) is 0 Å². The van der Waals surface area contributed by atoms with Gasteiger partial charge >= 0.3 is 0 Å². The monoisotopic (exact) mass is 528 g/mol. The van der Waals surface area contributed by atoms with Gasteiger partial charge in [-0.15, -0.1) is 0 Å². The Balaban J connectivity index is 2.18. The Hall–Kier alpha value is 1.12. The second-order valence-corrected chi connectivity index (χ2v) is 7.73. The first-order valence-electron chi connectivity index (χ1n) is 6.91. The number of aliphatic hydroxyl groups excluding tert-OH is 5. The number of rotatable bonds is 5. The number of halogens is 3. The minimum Gasteiger partial charge on any atom is -0.394 e. The van der Waals surface area contributed by atoms with Gasteiger partial charge in [-0.3, -0.25) is 0 Å². The van der Waals surface area contributed by atoms with E-state index in [-0.39, 0.29) is 10.7 Å². The maximum atomic E-state index is 10.3. The fraction of sp³-hybridized carbons (Fsp3) is 1.00. The predicted octanol–water partition coefficient (Wildman–Crippen LogP) is -1.19. The van der Waals surface area contributed by atoms with Gasteiger partial charge in [0.15, 0.2) is 6.29 Å². The van der Waals surface area contributed by atoms with Gasteiger partial charge in [-0.25, -0.2) is 0 Å². The zero-order valence-corrected chi connectivity index (χ0v) is 16.6. The van der Waals surface area contributed by atoms with Gasteiger partial charge in [-0.2, -0.15) is 0 Å². The third kappa shape index (κ3) is 3.80. The molecular weight excluding hydrogens is 512 g/mol. The Kier molecular flexibility index (Phi) is 7.29. The second-order valence-electron chi connectivity index (χ2n) is 5.46. The largest absolute Gasteiger partial charge is 0.394 e. The van der Waals surface area contributed by atoms with Crippen LogP contribution in [-0.2, 0) is 14.2 Å². The van der Waals surface area contributed by atoms with Crippen molar-refractivity contribution >= 4 is 47.8 Å². The molecule has 8 nitrogen and oxygen atoms in total. The number of aliphatic hydroxyl groups is 5. The summed E-state index contributed by atoms with van der Waals surface area (Å²) in [5.74, 6) is -1.66. The van der Waals surface area contributed by atoms with Crippen molar-refractivity contribution < 1.29 is 39.7 Å². The predicted molar refractivity (Wildman–Crippen MR) is 88.8 cm³/mol. The van der Waals surface area contributed by atoms with E-state index >= 15 is 0 Å². The van der Waals surface area contributed by atoms with Crippen LogP contribution < -0.4 is 0 Å². The molecule has 0 amide bonds. The van der Waals surface area contributed by atoms with Crippen LogP contribution in [0.3, 0.4) is 0 Å². The molecule has 0 saturated carbocycles. The van der Waals surface area contributed by atoms with Crippen LogP contribution in [0.2, 0.25) is 0 Å². The Labute approximate surface area is 158 Å². The molecule has 2 saturated heterocycles. The van der Waals surface area contributed by atoms with Crippen LogP contribution in [0.1, 0.15) is 0 Å². The minimum absolute atomic E-state index is 0.00800. The van der Waals surface area contributed by atoms with Crippen molar-refractivity contribution in [3.05, 3.63) is 0 Å². The minimum atomic E-state index is -1.66. The normalized spacial score (nSPS) is 51.1. The highest BCUT2D eigenvalue weighted by molar-refractivity contribution is 9.09. The molecule has 2 aliphatic rings. The summed E-state index contributed by atoms with van der Waals surface area (Å²) in [6.07, 6.45) is -8.18. The van der Waals surface area contributed by atoms with Crippen LogP contribution in [0.5, 0.6) is 0 Å². The zero-order valence-electron chi connectivity index (χ0n) is 11.8. The highest BCUT2D eigenvalue weighted by Crippen LogP contribution is 2.38. The molecule has 0 aromatic heterocycles. The Morgan fingerprint density at radius 2 is 1.65 bits per heavy atom. The van der Waals surface area contributed by atoms with Crippen LogP contribution >= 0.6 is 47.8 Å². The van der Waals surface area contributed by atoms with Crippen molar-refractivity contribution in [2.45, 2.75) is 53.5 Å². The molecule has 0 aromatic rings. The molecule has 2 heterocycles. The number of hydrogen-bond acceptors (Lipinski definition) is 8. The average Bonchev–Trinajstić information content (AvgIpc) is 2.80. The Morgan fingerprint density at radius 1 is 1.00 bits per heavy atom. The summed E-state index contributed by atoms with van der Waals surface area (Å²) in [6, 6.07) is 0. The van der Waals surface area contributed by atoms with E-state index in [2.05, 4.69) is 47.8 Å². The van der Waals surface area contributed by atoms with Crippen molar-refractivity contribution in [3.8, 4) is 0 Å². The molecule has 11 heteroatoms. The second kappa shape index (κ2) is 8.21. The fourth-order valence-corrected chi connectivity index (χ4v) is 4.27. The molecule has 0 bridgehead atoms. The van der Waals surface area contributed by atoms with Gasteiger partial charge in [0.25, 0.3) is 0 Å². The lowest BCUT2D eigenvalue weighted by Gasteiger charge is -2.43. The summed E-state index contributed by atoms with van der Waals surface area (Å²) < 4.78 is 16.6. The van der Waals surface area contributed by atoms with Crippen LogP contribution in [0.4, 0.5) is 0 Å². The van der Waals surface area contributed by atoms with E-state index in [4.69, 9.17) is 14.2 Å². The first-order valence-corrected chi connectivity index (χ1v) is 10.1. The van der Waals surface area contributed by atoms with E-state index in [9.17, 15) is 25.5 Å². The number of hydrogen-bond donors (Lipinski definition) is 5. The lowest BCUT2D eigenvalue weighted by molar-refractivity contribution is -0.356. The molecule has 23 heavy (non-hydrogen) atoms.